The van der Waals surface area contributed by atoms with E-state index in [9.17, 15) is 4.79 Å². The topological polar surface area (TPSA) is 54.9 Å². The summed E-state index contributed by atoms with van der Waals surface area (Å²) in [5.41, 5.74) is 1.85. The van der Waals surface area contributed by atoms with Crippen molar-refractivity contribution in [2.45, 2.75) is 6.92 Å². The summed E-state index contributed by atoms with van der Waals surface area (Å²) in [6.45, 7) is 1.93. The highest BCUT2D eigenvalue weighted by atomic mass is 79.9. The molecular formula is C12H8BrCl2N3O. The monoisotopic (exact) mass is 359 g/mol. The van der Waals surface area contributed by atoms with Gasteiger partial charge >= 0.3 is 0 Å². The van der Waals surface area contributed by atoms with Crippen molar-refractivity contribution < 1.29 is 4.79 Å². The zero-order valence-electron chi connectivity index (χ0n) is 9.75. The maximum atomic E-state index is 12.1. The lowest BCUT2D eigenvalue weighted by molar-refractivity contribution is 0.102. The van der Waals surface area contributed by atoms with Gasteiger partial charge in [0.15, 0.2) is 10.3 Å². The second kappa shape index (κ2) is 5.86. The van der Waals surface area contributed by atoms with Gasteiger partial charge in [-0.05, 0) is 36.8 Å². The third-order valence-corrected chi connectivity index (χ3v) is 3.19. The molecule has 0 aliphatic rings. The van der Waals surface area contributed by atoms with Gasteiger partial charge in [0, 0.05) is 10.2 Å². The Morgan fingerprint density at radius 1 is 1.21 bits per heavy atom. The van der Waals surface area contributed by atoms with Crippen LogP contribution in [-0.2, 0) is 0 Å². The molecule has 19 heavy (non-hydrogen) atoms. The quantitative estimate of drug-likeness (QED) is 0.876. The van der Waals surface area contributed by atoms with Crippen LogP contribution in [0.2, 0.25) is 10.3 Å². The number of hydrogen-bond acceptors (Lipinski definition) is 3. The third-order valence-electron chi connectivity index (χ3n) is 2.26. The number of anilines is 1. The number of benzene rings is 1. The molecule has 2 rings (SSSR count). The molecule has 0 atom stereocenters. The molecular weight excluding hydrogens is 353 g/mol. The first-order chi connectivity index (χ1) is 8.95. The van der Waals surface area contributed by atoms with Crippen LogP contribution in [0.3, 0.4) is 0 Å². The molecule has 2 aromatic rings. The average molecular weight is 361 g/mol. The molecule has 1 heterocycles. The van der Waals surface area contributed by atoms with Crippen LogP contribution in [0.5, 0.6) is 0 Å². The first-order valence-electron chi connectivity index (χ1n) is 5.23. The number of carbonyl (C=O) groups excluding carboxylic acids is 1. The molecule has 1 N–H and O–H groups in total. The molecule has 0 aliphatic heterocycles. The van der Waals surface area contributed by atoms with Gasteiger partial charge in [0.1, 0.15) is 0 Å². The number of rotatable bonds is 2. The lowest BCUT2D eigenvalue weighted by Gasteiger charge is -2.07. The second-order valence-electron chi connectivity index (χ2n) is 3.84. The largest absolute Gasteiger partial charge is 0.322 e. The highest BCUT2D eigenvalue weighted by Crippen LogP contribution is 2.21. The zero-order chi connectivity index (χ0) is 14.0. The molecule has 0 spiro atoms. The maximum absolute atomic E-state index is 12.1. The predicted octanol–water partition coefficient (Wildman–Crippen LogP) is 4.11. The summed E-state index contributed by atoms with van der Waals surface area (Å²) in [5.74, 6) is -0.390. The Balaban J connectivity index is 2.28. The van der Waals surface area contributed by atoms with Crippen LogP contribution >= 0.6 is 39.1 Å². The average Bonchev–Trinajstić information content (AvgIpc) is 2.30. The molecule has 1 aromatic heterocycles. The van der Waals surface area contributed by atoms with Crippen LogP contribution in [0.1, 0.15) is 15.9 Å². The van der Waals surface area contributed by atoms with Crippen LogP contribution in [-0.4, -0.2) is 16.1 Å². The van der Waals surface area contributed by atoms with Crippen LogP contribution in [0.25, 0.3) is 0 Å². The van der Waals surface area contributed by atoms with Gasteiger partial charge in [0.25, 0.3) is 5.91 Å². The fraction of sp³-hybridized carbons (Fsp3) is 0.0833. The van der Waals surface area contributed by atoms with E-state index in [-0.39, 0.29) is 21.8 Å². The second-order valence-corrected chi connectivity index (χ2v) is 5.50. The van der Waals surface area contributed by atoms with E-state index in [1.165, 1.54) is 6.07 Å². The number of carbonyl (C=O) groups is 1. The SMILES string of the molecule is Cc1cc(Br)cc(NC(=O)c2cc(Cl)nnc2Cl)c1. The van der Waals surface area contributed by atoms with Crippen LogP contribution in [0, 0.1) is 6.92 Å². The molecule has 0 fully saturated rings. The maximum Gasteiger partial charge on any atom is 0.258 e. The molecule has 0 bridgehead atoms. The van der Waals surface area contributed by atoms with E-state index >= 15 is 0 Å². The van der Waals surface area contributed by atoms with Gasteiger partial charge in [-0.1, -0.05) is 39.1 Å². The standard InChI is InChI=1S/C12H8BrCl2N3O/c1-6-2-7(13)4-8(3-6)16-12(19)9-5-10(14)17-18-11(9)15/h2-5H,1H3,(H,16,19). The Labute approximate surface area is 128 Å². The summed E-state index contributed by atoms with van der Waals surface area (Å²) >= 11 is 14.9. The van der Waals surface area contributed by atoms with E-state index < -0.39 is 0 Å². The number of aryl methyl sites for hydroxylation is 1. The van der Waals surface area contributed by atoms with Crippen molar-refractivity contribution >= 4 is 50.7 Å². The normalized spacial score (nSPS) is 10.3. The van der Waals surface area contributed by atoms with Gasteiger partial charge < -0.3 is 5.32 Å². The smallest absolute Gasteiger partial charge is 0.258 e. The lowest BCUT2D eigenvalue weighted by Crippen LogP contribution is -2.13. The molecule has 7 heteroatoms. The number of nitrogens with one attached hydrogen (secondary N) is 1. The Bertz CT molecular complexity index is 629. The molecule has 1 amide bonds. The van der Waals surface area contributed by atoms with Crippen molar-refractivity contribution in [3.8, 4) is 0 Å². The Hall–Kier alpha value is -1.17. The van der Waals surface area contributed by atoms with Crippen LogP contribution in [0.15, 0.2) is 28.7 Å². The molecule has 0 saturated carbocycles. The van der Waals surface area contributed by atoms with E-state index in [1.54, 1.807) is 6.07 Å². The molecule has 1 aromatic carbocycles. The number of nitrogens with zero attached hydrogens (tertiary/aromatic N) is 2. The van der Waals surface area contributed by atoms with Gasteiger partial charge in [-0.3, -0.25) is 4.79 Å². The van der Waals surface area contributed by atoms with Crippen molar-refractivity contribution in [2.75, 3.05) is 5.32 Å². The molecule has 0 radical (unpaired) electrons. The van der Waals surface area contributed by atoms with Crippen molar-refractivity contribution in [3.05, 3.63) is 50.2 Å². The zero-order valence-corrected chi connectivity index (χ0v) is 12.8. The summed E-state index contributed by atoms with van der Waals surface area (Å²) < 4.78 is 0.875. The Kier molecular flexibility index (Phi) is 4.39. The van der Waals surface area contributed by atoms with Gasteiger partial charge in [0.05, 0.1) is 5.56 Å². The Morgan fingerprint density at radius 2 is 1.95 bits per heavy atom. The first kappa shape index (κ1) is 14.2. The number of hydrogen-bond donors (Lipinski definition) is 1. The molecule has 4 nitrogen and oxygen atoms in total. The minimum atomic E-state index is -0.390. The van der Waals surface area contributed by atoms with E-state index in [4.69, 9.17) is 23.2 Å². The summed E-state index contributed by atoms with van der Waals surface area (Å²) in [5, 5.41) is 9.99. The van der Waals surface area contributed by atoms with Gasteiger partial charge in [-0.2, -0.15) is 0 Å². The Morgan fingerprint density at radius 3 is 2.63 bits per heavy atom. The van der Waals surface area contributed by atoms with Crippen molar-refractivity contribution in [1.82, 2.24) is 10.2 Å². The highest BCUT2D eigenvalue weighted by molar-refractivity contribution is 9.10. The van der Waals surface area contributed by atoms with E-state index in [0.717, 1.165) is 10.0 Å². The minimum absolute atomic E-state index is 0.00798. The number of aromatic nitrogens is 2. The predicted molar refractivity (Wildman–Crippen MR) is 78.9 cm³/mol. The summed E-state index contributed by atoms with van der Waals surface area (Å²) in [6.07, 6.45) is 0. The van der Waals surface area contributed by atoms with Crippen LogP contribution < -0.4 is 5.32 Å². The number of halogens is 3. The molecule has 98 valence electrons. The van der Waals surface area contributed by atoms with E-state index in [2.05, 4.69) is 31.4 Å². The van der Waals surface area contributed by atoms with Crippen molar-refractivity contribution in [3.63, 3.8) is 0 Å². The highest BCUT2D eigenvalue weighted by Gasteiger charge is 2.13. The first-order valence-corrected chi connectivity index (χ1v) is 6.78. The lowest BCUT2D eigenvalue weighted by atomic mass is 10.2. The summed E-state index contributed by atoms with van der Waals surface area (Å²) in [6, 6.07) is 6.94. The van der Waals surface area contributed by atoms with Crippen molar-refractivity contribution in [2.24, 2.45) is 0 Å². The van der Waals surface area contributed by atoms with Gasteiger partial charge in [-0.15, -0.1) is 10.2 Å². The van der Waals surface area contributed by atoms with Gasteiger partial charge in [0.2, 0.25) is 0 Å². The molecule has 0 saturated heterocycles. The molecule has 0 unspecified atom stereocenters. The third kappa shape index (κ3) is 3.65. The van der Waals surface area contributed by atoms with Crippen LogP contribution in [0.4, 0.5) is 5.69 Å². The molecule has 0 aliphatic carbocycles. The van der Waals surface area contributed by atoms with Gasteiger partial charge in [-0.25, -0.2) is 0 Å². The fourth-order valence-corrected chi connectivity index (χ4v) is 2.45. The minimum Gasteiger partial charge on any atom is -0.322 e. The van der Waals surface area contributed by atoms with E-state index in [1.807, 2.05) is 19.1 Å². The fourth-order valence-electron chi connectivity index (χ4n) is 1.52. The number of amides is 1. The van der Waals surface area contributed by atoms with Crippen molar-refractivity contribution in [1.29, 1.82) is 0 Å². The summed E-state index contributed by atoms with van der Waals surface area (Å²) in [7, 11) is 0. The summed E-state index contributed by atoms with van der Waals surface area (Å²) in [4.78, 5) is 12.1. The van der Waals surface area contributed by atoms with E-state index in [0.29, 0.717) is 5.69 Å².